The van der Waals surface area contributed by atoms with Crippen LogP contribution < -0.4 is 0 Å². The van der Waals surface area contributed by atoms with Crippen LogP contribution in [0.3, 0.4) is 0 Å². The smallest absolute Gasteiger partial charge is 0.462 e. The number of rotatable bonds is 67. The van der Waals surface area contributed by atoms with Gasteiger partial charge < -0.3 is 33.8 Å². The maximum absolute atomic E-state index is 13.0. The molecule has 528 valence electrons. The molecule has 0 spiro atoms. The van der Waals surface area contributed by atoms with Gasteiger partial charge in [-0.15, -0.1) is 0 Å². The molecule has 0 aliphatic rings. The number of hydrogen-bond donors (Lipinski definition) is 3. The average molecular weight is 1310 g/mol. The molecule has 0 aromatic rings. The zero-order valence-corrected chi connectivity index (χ0v) is 59.8. The fraction of sp³-hybridized carbons (Fsp3) is 0.943. The lowest BCUT2D eigenvalue weighted by Crippen LogP contribution is -2.30. The Bertz CT molecular complexity index is 1760. The van der Waals surface area contributed by atoms with Crippen molar-refractivity contribution in [3.8, 4) is 0 Å². The van der Waals surface area contributed by atoms with Gasteiger partial charge in [0.1, 0.15) is 19.3 Å². The summed E-state index contributed by atoms with van der Waals surface area (Å²) >= 11 is 0. The Balaban J connectivity index is 5.23. The van der Waals surface area contributed by atoms with Gasteiger partial charge in [0.2, 0.25) is 0 Å². The lowest BCUT2D eigenvalue weighted by atomic mass is 10.0. The summed E-state index contributed by atoms with van der Waals surface area (Å²) in [5.74, 6) is 0.805. The lowest BCUT2D eigenvalue weighted by Gasteiger charge is -2.21. The van der Waals surface area contributed by atoms with Gasteiger partial charge in [-0.3, -0.25) is 37.3 Å². The first-order valence-electron chi connectivity index (χ1n) is 36.2. The third kappa shape index (κ3) is 64.6. The molecule has 0 aliphatic heterocycles. The molecule has 5 atom stereocenters. The van der Waals surface area contributed by atoms with Crippen molar-refractivity contribution < 1.29 is 80.2 Å². The van der Waals surface area contributed by atoms with Gasteiger partial charge in [0.05, 0.1) is 26.4 Å². The van der Waals surface area contributed by atoms with E-state index in [-0.39, 0.29) is 25.7 Å². The standard InChI is InChI=1S/C70H136O17P2/c1-60(2)46-38-30-22-16-13-11-9-10-12-14-18-26-36-44-52-69(74)86-65(56-80-67(72)50-42-34-25-21-20-24-32-40-48-62(5)6)58-84-88(76,77)82-54-64(71)55-83-89(78,79)85-59-66(57-81-68(73)51-43-35-29-28-33-41-49-63(7)8)87-70(75)53-45-37-27-19-15-17-23-31-39-47-61(3)4/h60-66,71H,9-59H2,1-8H3,(H,76,77)(H,78,79)/t64-,65-,66-/m1/s1. The molecule has 0 saturated heterocycles. The number of unbranched alkanes of at least 4 members (excludes halogenated alkanes) is 33. The molecular weight excluding hydrogens is 1170 g/mol. The SMILES string of the molecule is CC(C)CCCCCCCCCCCCCCCCC(=O)O[C@H](COC(=O)CCCCCCCCCCC(C)C)COP(=O)(O)OC[C@@H](O)COP(=O)(O)OC[C@@H](COC(=O)CCCCCCCCC(C)C)OC(=O)CCCCCCCCCCCC(C)C. The van der Waals surface area contributed by atoms with Crippen LogP contribution in [-0.2, 0) is 65.4 Å². The Hall–Kier alpha value is -1.94. The van der Waals surface area contributed by atoms with E-state index < -0.39 is 97.5 Å². The summed E-state index contributed by atoms with van der Waals surface area (Å²) in [7, 11) is -9.90. The van der Waals surface area contributed by atoms with Gasteiger partial charge in [0, 0.05) is 25.7 Å². The number of phosphoric ester groups is 2. The van der Waals surface area contributed by atoms with Crippen molar-refractivity contribution in [2.24, 2.45) is 23.7 Å². The quantitative estimate of drug-likeness (QED) is 0.0222. The molecule has 17 nitrogen and oxygen atoms in total. The highest BCUT2D eigenvalue weighted by molar-refractivity contribution is 7.47. The Morgan fingerprint density at radius 1 is 0.281 bits per heavy atom. The van der Waals surface area contributed by atoms with Crippen LogP contribution in [0.25, 0.3) is 0 Å². The maximum atomic E-state index is 13.0. The third-order valence-corrected chi connectivity index (χ3v) is 18.0. The minimum atomic E-state index is -4.95. The van der Waals surface area contributed by atoms with E-state index in [2.05, 4.69) is 55.4 Å². The van der Waals surface area contributed by atoms with E-state index in [1.54, 1.807) is 0 Å². The number of esters is 4. The number of carbonyl (C=O) groups is 4. The second-order valence-electron chi connectivity index (χ2n) is 27.2. The topological polar surface area (TPSA) is 237 Å². The van der Waals surface area contributed by atoms with Gasteiger partial charge in [-0.2, -0.15) is 0 Å². The zero-order valence-electron chi connectivity index (χ0n) is 58.1. The lowest BCUT2D eigenvalue weighted by molar-refractivity contribution is -0.161. The number of aliphatic hydroxyl groups is 1. The van der Waals surface area contributed by atoms with Crippen molar-refractivity contribution in [1.82, 2.24) is 0 Å². The van der Waals surface area contributed by atoms with Crippen molar-refractivity contribution in [2.75, 3.05) is 39.6 Å². The molecule has 0 heterocycles. The predicted molar refractivity (Wildman–Crippen MR) is 358 cm³/mol. The summed E-state index contributed by atoms with van der Waals surface area (Å²) in [5, 5.41) is 10.6. The Labute approximate surface area is 543 Å². The summed E-state index contributed by atoms with van der Waals surface area (Å²) in [6.45, 7) is 14.0. The molecule has 0 bridgehead atoms. The number of carbonyl (C=O) groups excluding carboxylic acids is 4. The summed E-state index contributed by atoms with van der Waals surface area (Å²) in [4.78, 5) is 72.5. The number of ether oxygens (including phenoxy) is 4. The minimum absolute atomic E-state index is 0.104. The van der Waals surface area contributed by atoms with Crippen LogP contribution in [-0.4, -0.2) is 96.7 Å². The van der Waals surface area contributed by atoms with Crippen molar-refractivity contribution in [2.45, 2.75) is 363 Å². The monoisotopic (exact) mass is 1310 g/mol. The minimum Gasteiger partial charge on any atom is -0.462 e. The summed E-state index contributed by atoms with van der Waals surface area (Å²) in [5.41, 5.74) is 0. The molecule has 0 aliphatic carbocycles. The normalized spacial score (nSPS) is 14.3. The summed E-state index contributed by atoms with van der Waals surface area (Å²) in [6.07, 6.45) is 41.9. The van der Waals surface area contributed by atoms with Crippen LogP contribution in [0.2, 0.25) is 0 Å². The highest BCUT2D eigenvalue weighted by atomic mass is 31.2. The Morgan fingerprint density at radius 2 is 0.472 bits per heavy atom. The Kier molecular flexibility index (Phi) is 58.5. The first-order valence-corrected chi connectivity index (χ1v) is 39.2. The molecule has 0 aromatic heterocycles. The van der Waals surface area contributed by atoms with Crippen molar-refractivity contribution in [3.63, 3.8) is 0 Å². The van der Waals surface area contributed by atoms with Gasteiger partial charge in [0.25, 0.3) is 0 Å². The highest BCUT2D eigenvalue weighted by Crippen LogP contribution is 2.45. The molecule has 0 amide bonds. The van der Waals surface area contributed by atoms with Crippen LogP contribution in [0, 0.1) is 23.7 Å². The molecule has 0 fully saturated rings. The predicted octanol–water partition coefficient (Wildman–Crippen LogP) is 19.7. The molecule has 2 unspecified atom stereocenters. The second kappa shape index (κ2) is 59.8. The van der Waals surface area contributed by atoms with Gasteiger partial charge in [-0.05, 0) is 49.4 Å². The summed E-state index contributed by atoms with van der Waals surface area (Å²) < 4.78 is 68.2. The van der Waals surface area contributed by atoms with Gasteiger partial charge in [0.15, 0.2) is 12.2 Å². The molecule has 0 aromatic carbocycles. The summed E-state index contributed by atoms with van der Waals surface area (Å²) in [6, 6.07) is 0. The van der Waals surface area contributed by atoms with E-state index in [4.69, 9.17) is 37.0 Å². The largest absolute Gasteiger partial charge is 0.472 e. The van der Waals surface area contributed by atoms with Gasteiger partial charge >= 0.3 is 39.5 Å². The number of phosphoric acid groups is 2. The van der Waals surface area contributed by atoms with Crippen molar-refractivity contribution in [3.05, 3.63) is 0 Å². The van der Waals surface area contributed by atoms with Crippen LogP contribution in [0.1, 0.15) is 344 Å². The first-order chi connectivity index (χ1) is 42.6. The average Bonchev–Trinajstić information content (AvgIpc) is 3.62. The molecule has 89 heavy (non-hydrogen) atoms. The number of hydrogen-bond acceptors (Lipinski definition) is 15. The highest BCUT2D eigenvalue weighted by Gasteiger charge is 2.30. The molecule has 0 rings (SSSR count). The fourth-order valence-corrected chi connectivity index (χ4v) is 12.1. The third-order valence-electron chi connectivity index (χ3n) is 16.1. The van der Waals surface area contributed by atoms with Gasteiger partial charge in [-0.1, -0.05) is 293 Å². The van der Waals surface area contributed by atoms with Crippen molar-refractivity contribution in [1.29, 1.82) is 0 Å². The molecule has 3 N–H and O–H groups in total. The van der Waals surface area contributed by atoms with E-state index in [0.717, 1.165) is 114 Å². The van der Waals surface area contributed by atoms with E-state index >= 15 is 0 Å². The molecule has 0 saturated carbocycles. The molecule has 19 heteroatoms. The first kappa shape index (κ1) is 87.1. The maximum Gasteiger partial charge on any atom is 0.472 e. The van der Waals surface area contributed by atoms with Crippen LogP contribution in [0.4, 0.5) is 0 Å². The zero-order chi connectivity index (χ0) is 66.1. The number of aliphatic hydroxyl groups excluding tert-OH is 1. The van der Waals surface area contributed by atoms with Crippen LogP contribution in [0.15, 0.2) is 0 Å². The Morgan fingerprint density at radius 3 is 0.697 bits per heavy atom. The van der Waals surface area contributed by atoms with E-state index in [0.29, 0.717) is 31.6 Å². The van der Waals surface area contributed by atoms with Crippen LogP contribution in [0.5, 0.6) is 0 Å². The van der Waals surface area contributed by atoms with E-state index in [1.165, 1.54) is 141 Å². The van der Waals surface area contributed by atoms with Crippen molar-refractivity contribution >= 4 is 39.5 Å². The van der Waals surface area contributed by atoms with E-state index in [9.17, 15) is 43.2 Å². The van der Waals surface area contributed by atoms with Crippen LogP contribution >= 0.6 is 15.6 Å². The van der Waals surface area contributed by atoms with E-state index in [1.807, 2.05) is 0 Å². The second-order valence-corrected chi connectivity index (χ2v) is 30.1. The molecule has 0 radical (unpaired) electrons. The molecular formula is C70H136O17P2. The fourth-order valence-electron chi connectivity index (χ4n) is 10.5. The van der Waals surface area contributed by atoms with Gasteiger partial charge in [-0.25, -0.2) is 9.13 Å².